The molecule has 2 aromatic heterocycles. The van der Waals surface area contributed by atoms with Gasteiger partial charge in [-0.15, -0.1) is 0 Å². The lowest BCUT2D eigenvalue weighted by atomic mass is 10.2. The van der Waals surface area contributed by atoms with E-state index in [9.17, 15) is 10.1 Å². The van der Waals surface area contributed by atoms with Crippen molar-refractivity contribution in [3.8, 4) is 0 Å². The molecule has 2 aromatic rings. The van der Waals surface area contributed by atoms with E-state index in [1.165, 1.54) is 4.68 Å². The van der Waals surface area contributed by atoms with Crippen molar-refractivity contribution in [3.63, 3.8) is 0 Å². The predicted octanol–water partition coefficient (Wildman–Crippen LogP) is 1.88. The molecule has 0 aliphatic rings. The third-order valence-electron chi connectivity index (χ3n) is 2.55. The van der Waals surface area contributed by atoms with E-state index >= 15 is 0 Å². The number of hydrogen-bond acceptors (Lipinski definition) is 5. The summed E-state index contributed by atoms with van der Waals surface area (Å²) in [6.45, 7) is 3.64. The molecule has 0 aliphatic heterocycles. The zero-order valence-corrected chi connectivity index (χ0v) is 9.45. The van der Waals surface area contributed by atoms with Gasteiger partial charge in [-0.1, -0.05) is 0 Å². The van der Waals surface area contributed by atoms with Crippen molar-refractivity contribution in [1.82, 2.24) is 9.78 Å². The maximum absolute atomic E-state index is 10.6. The molecule has 7 nitrogen and oxygen atoms in total. The highest BCUT2D eigenvalue weighted by Crippen LogP contribution is 2.27. The second-order valence-electron chi connectivity index (χ2n) is 3.74. The Hall–Kier alpha value is -2.31. The summed E-state index contributed by atoms with van der Waals surface area (Å²) in [7, 11) is 0. The summed E-state index contributed by atoms with van der Waals surface area (Å²) in [5.41, 5.74) is 5.47. The number of nitrogens with zero attached hydrogens (tertiary/aromatic N) is 3. The number of aromatic nitrogens is 2. The van der Waals surface area contributed by atoms with Crippen molar-refractivity contribution in [1.29, 1.82) is 0 Å². The molecule has 0 aromatic carbocycles. The monoisotopic (exact) mass is 236 g/mol. The first-order valence-electron chi connectivity index (χ1n) is 5.04. The van der Waals surface area contributed by atoms with Crippen LogP contribution in [0.25, 0.3) is 0 Å². The summed E-state index contributed by atoms with van der Waals surface area (Å²) in [4.78, 5) is 10.1. The van der Waals surface area contributed by atoms with Crippen LogP contribution in [-0.4, -0.2) is 14.7 Å². The van der Waals surface area contributed by atoms with Crippen LogP contribution in [0, 0.1) is 17.0 Å². The molecule has 1 atom stereocenters. The average molecular weight is 236 g/mol. The van der Waals surface area contributed by atoms with Gasteiger partial charge < -0.3 is 10.2 Å². The summed E-state index contributed by atoms with van der Waals surface area (Å²) >= 11 is 0. The molecule has 0 bridgehead atoms. The van der Waals surface area contributed by atoms with E-state index in [4.69, 9.17) is 10.2 Å². The number of furan rings is 1. The number of anilines is 1. The molecule has 90 valence electrons. The first kappa shape index (κ1) is 11.2. The molecule has 0 radical (unpaired) electrons. The molecule has 0 aliphatic carbocycles. The molecule has 2 rings (SSSR count). The van der Waals surface area contributed by atoms with Gasteiger partial charge in [0.05, 0.1) is 4.92 Å². The summed E-state index contributed by atoms with van der Waals surface area (Å²) in [6, 6.07) is 3.34. The van der Waals surface area contributed by atoms with Gasteiger partial charge in [0.2, 0.25) is 5.82 Å². The predicted molar refractivity (Wildman–Crippen MR) is 60.6 cm³/mol. The van der Waals surface area contributed by atoms with Crippen molar-refractivity contribution in [3.05, 3.63) is 40.0 Å². The summed E-state index contributed by atoms with van der Waals surface area (Å²) in [6.07, 6.45) is 1.14. The fraction of sp³-hybridized carbons (Fsp3) is 0.300. The van der Waals surface area contributed by atoms with E-state index in [0.29, 0.717) is 5.76 Å². The lowest BCUT2D eigenvalue weighted by Gasteiger charge is -2.10. The number of rotatable bonds is 3. The molecule has 17 heavy (non-hydrogen) atoms. The molecule has 1 unspecified atom stereocenters. The van der Waals surface area contributed by atoms with E-state index in [0.717, 1.165) is 12.0 Å². The average Bonchev–Trinajstić information content (AvgIpc) is 2.83. The van der Waals surface area contributed by atoms with Crippen molar-refractivity contribution in [2.45, 2.75) is 19.9 Å². The fourth-order valence-corrected chi connectivity index (χ4v) is 1.61. The minimum absolute atomic E-state index is 0.0246. The number of aryl methyl sites for hydroxylation is 1. The van der Waals surface area contributed by atoms with Gasteiger partial charge in [0.25, 0.3) is 0 Å². The molecular formula is C10H12N4O3. The van der Waals surface area contributed by atoms with Crippen molar-refractivity contribution >= 4 is 11.5 Å². The number of nitrogen functional groups attached to an aromatic ring is 1. The maximum atomic E-state index is 10.6. The van der Waals surface area contributed by atoms with Crippen LogP contribution in [0.15, 0.2) is 22.7 Å². The Morgan fingerprint density at radius 1 is 1.59 bits per heavy atom. The minimum atomic E-state index is -0.557. The first-order chi connectivity index (χ1) is 8.00. The Morgan fingerprint density at radius 2 is 2.29 bits per heavy atom. The Bertz CT molecular complexity index is 558. The van der Waals surface area contributed by atoms with Gasteiger partial charge in [-0.2, -0.15) is 5.10 Å². The van der Waals surface area contributed by atoms with Gasteiger partial charge in [-0.25, -0.2) is 4.68 Å². The van der Waals surface area contributed by atoms with E-state index in [-0.39, 0.29) is 17.5 Å². The Labute approximate surface area is 97.0 Å². The van der Waals surface area contributed by atoms with Gasteiger partial charge >= 0.3 is 5.69 Å². The minimum Gasteiger partial charge on any atom is -0.464 e. The van der Waals surface area contributed by atoms with Crippen LogP contribution in [-0.2, 0) is 0 Å². The largest absolute Gasteiger partial charge is 0.464 e. The lowest BCUT2D eigenvalue weighted by molar-refractivity contribution is -0.384. The van der Waals surface area contributed by atoms with Crippen molar-refractivity contribution < 1.29 is 9.34 Å². The normalized spacial score (nSPS) is 12.6. The fourth-order valence-electron chi connectivity index (χ4n) is 1.61. The van der Waals surface area contributed by atoms with Crippen LogP contribution in [0.3, 0.4) is 0 Å². The van der Waals surface area contributed by atoms with Crippen molar-refractivity contribution in [2.24, 2.45) is 0 Å². The molecule has 0 amide bonds. The van der Waals surface area contributed by atoms with Crippen molar-refractivity contribution in [2.75, 3.05) is 5.73 Å². The highest BCUT2D eigenvalue weighted by atomic mass is 16.6. The van der Waals surface area contributed by atoms with Gasteiger partial charge in [-0.3, -0.25) is 10.1 Å². The smallest absolute Gasteiger partial charge is 0.330 e. The Balaban J connectivity index is 2.38. The zero-order chi connectivity index (χ0) is 12.6. The lowest BCUT2D eigenvalue weighted by Crippen LogP contribution is -2.11. The van der Waals surface area contributed by atoms with Crippen LogP contribution in [0.1, 0.15) is 24.5 Å². The van der Waals surface area contributed by atoms with Crippen LogP contribution in [0.4, 0.5) is 11.5 Å². The molecular weight excluding hydrogens is 224 g/mol. The Kier molecular flexibility index (Phi) is 2.58. The molecule has 7 heteroatoms. The molecule has 2 heterocycles. The first-order valence-corrected chi connectivity index (χ1v) is 5.04. The van der Waals surface area contributed by atoms with Gasteiger partial charge in [0.15, 0.2) is 0 Å². The molecule has 2 N–H and O–H groups in total. The maximum Gasteiger partial charge on any atom is 0.330 e. The number of hydrogen-bond donors (Lipinski definition) is 1. The van der Waals surface area contributed by atoms with Crippen LogP contribution < -0.4 is 5.73 Å². The summed E-state index contributed by atoms with van der Waals surface area (Å²) in [5.74, 6) is 1.45. The quantitative estimate of drug-likeness (QED) is 0.647. The number of nitrogens with two attached hydrogens (primary N) is 1. The second kappa shape index (κ2) is 3.93. The number of nitro groups is 1. The zero-order valence-electron chi connectivity index (χ0n) is 9.45. The summed E-state index contributed by atoms with van der Waals surface area (Å²) in [5, 5.41) is 14.6. The van der Waals surface area contributed by atoms with E-state index in [1.54, 1.807) is 6.07 Å². The molecule has 0 saturated carbocycles. The summed E-state index contributed by atoms with van der Waals surface area (Å²) < 4.78 is 6.81. The van der Waals surface area contributed by atoms with Crippen LogP contribution in [0.5, 0.6) is 0 Å². The van der Waals surface area contributed by atoms with E-state index in [2.05, 4.69) is 5.10 Å². The van der Waals surface area contributed by atoms with E-state index < -0.39 is 4.92 Å². The van der Waals surface area contributed by atoms with Crippen LogP contribution in [0.2, 0.25) is 0 Å². The van der Waals surface area contributed by atoms with Gasteiger partial charge in [-0.05, 0) is 26.0 Å². The topological polar surface area (TPSA) is 100 Å². The van der Waals surface area contributed by atoms with Gasteiger partial charge in [0.1, 0.15) is 23.8 Å². The molecule has 0 spiro atoms. The third-order valence-corrected chi connectivity index (χ3v) is 2.55. The standard InChI is InChI=1S/C10H12N4O3/c1-6-3-4-9(17-6)7(2)13-10(11)8(5-12-13)14(15)16/h3-5,7H,11H2,1-2H3. The van der Waals surface area contributed by atoms with E-state index in [1.807, 2.05) is 19.9 Å². The highest BCUT2D eigenvalue weighted by molar-refractivity contribution is 5.51. The van der Waals surface area contributed by atoms with Gasteiger partial charge in [0, 0.05) is 0 Å². The third kappa shape index (κ3) is 1.86. The van der Waals surface area contributed by atoms with Crippen LogP contribution >= 0.6 is 0 Å². The Morgan fingerprint density at radius 3 is 2.76 bits per heavy atom. The second-order valence-corrected chi connectivity index (χ2v) is 3.74. The molecule has 0 saturated heterocycles. The highest BCUT2D eigenvalue weighted by Gasteiger charge is 2.22. The SMILES string of the molecule is Cc1ccc(C(C)n2ncc([N+](=O)[O-])c2N)o1. The molecule has 0 fully saturated rings.